The number of thiocarbonyl (C=S) groups is 1. The van der Waals surface area contributed by atoms with Crippen LogP contribution in [0.3, 0.4) is 0 Å². The summed E-state index contributed by atoms with van der Waals surface area (Å²) in [6.07, 6.45) is 0.878. The van der Waals surface area contributed by atoms with E-state index in [-0.39, 0.29) is 5.56 Å². The highest BCUT2D eigenvalue weighted by Crippen LogP contribution is 2.18. The predicted octanol–water partition coefficient (Wildman–Crippen LogP) is 2.19. The number of hydrogen-bond acceptors (Lipinski definition) is 5. The quantitative estimate of drug-likeness (QED) is 0.452. The Morgan fingerprint density at radius 3 is 2.74 bits per heavy atom. The Kier molecular flexibility index (Phi) is 8.83. The standard InChI is InChI=1S/C23H34N4O3S/c1-17-13-19-15-20(22(28)25-21(19)14-18(17)2)16-27(23(31)24-5-4-10-29-3)7-6-26-8-11-30-12-9-26/h13-15H,4-12,16H2,1-3H3,(H,24,31)(H,25,28). The maximum Gasteiger partial charge on any atom is 0.253 e. The van der Waals surface area contributed by atoms with Crippen LogP contribution in [0, 0.1) is 13.8 Å². The largest absolute Gasteiger partial charge is 0.385 e. The molecule has 1 aliphatic heterocycles. The molecular formula is C23H34N4O3S. The number of benzene rings is 1. The molecular weight excluding hydrogens is 412 g/mol. The molecule has 0 bridgehead atoms. The van der Waals surface area contributed by atoms with E-state index < -0.39 is 0 Å². The third-order valence-electron chi connectivity index (χ3n) is 5.78. The molecule has 7 nitrogen and oxygen atoms in total. The lowest BCUT2D eigenvalue weighted by atomic mass is 10.0. The SMILES string of the molecule is COCCCNC(=S)N(CCN1CCOCC1)Cc1cc2cc(C)c(C)cc2[nH]c1=O. The number of aromatic nitrogens is 1. The number of nitrogens with zero attached hydrogens (tertiary/aromatic N) is 2. The zero-order chi connectivity index (χ0) is 22.2. The summed E-state index contributed by atoms with van der Waals surface area (Å²) in [6, 6.07) is 6.16. The van der Waals surface area contributed by atoms with Gasteiger partial charge in [-0.1, -0.05) is 0 Å². The number of fused-ring (bicyclic) bond motifs is 1. The minimum absolute atomic E-state index is 0.0608. The zero-order valence-electron chi connectivity index (χ0n) is 18.8. The highest BCUT2D eigenvalue weighted by atomic mass is 32.1. The molecule has 2 N–H and O–H groups in total. The smallest absolute Gasteiger partial charge is 0.253 e. The molecule has 0 aliphatic carbocycles. The first kappa shape index (κ1) is 23.7. The van der Waals surface area contributed by atoms with Crippen molar-refractivity contribution < 1.29 is 9.47 Å². The molecule has 1 aliphatic rings. The minimum atomic E-state index is -0.0608. The lowest BCUT2D eigenvalue weighted by Gasteiger charge is -2.31. The van der Waals surface area contributed by atoms with Crippen LogP contribution in [0.1, 0.15) is 23.1 Å². The van der Waals surface area contributed by atoms with Crippen molar-refractivity contribution in [2.24, 2.45) is 0 Å². The van der Waals surface area contributed by atoms with Gasteiger partial charge in [-0.05, 0) is 67.2 Å². The maximum absolute atomic E-state index is 12.8. The number of pyridine rings is 1. The number of nitrogens with one attached hydrogen (secondary N) is 2. The van der Waals surface area contributed by atoms with Gasteiger partial charge in [-0.2, -0.15) is 0 Å². The van der Waals surface area contributed by atoms with Gasteiger partial charge in [0.05, 0.1) is 19.8 Å². The van der Waals surface area contributed by atoms with Crippen LogP contribution in [-0.4, -0.2) is 79.6 Å². The Hall–Kier alpha value is -2.00. The van der Waals surface area contributed by atoms with E-state index in [1.807, 2.05) is 12.1 Å². The van der Waals surface area contributed by atoms with Gasteiger partial charge in [0.15, 0.2) is 5.11 Å². The van der Waals surface area contributed by atoms with Gasteiger partial charge in [-0.25, -0.2) is 0 Å². The first-order valence-electron chi connectivity index (χ1n) is 10.9. The maximum atomic E-state index is 12.8. The van der Waals surface area contributed by atoms with E-state index in [1.54, 1.807) is 7.11 Å². The summed E-state index contributed by atoms with van der Waals surface area (Å²) >= 11 is 5.69. The van der Waals surface area contributed by atoms with E-state index in [0.29, 0.717) is 18.3 Å². The third-order valence-corrected chi connectivity index (χ3v) is 6.18. The molecule has 2 aromatic rings. The molecule has 1 aromatic carbocycles. The number of hydrogen-bond donors (Lipinski definition) is 2. The molecule has 0 radical (unpaired) electrons. The second kappa shape index (κ2) is 11.6. The highest BCUT2D eigenvalue weighted by Gasteiger charge is 2.16. The van der Waals surface area contributed by atoms with E-state index in [9.17, 15) is 4.79 Å². The van der Waals surface area contributed by atoms with Crippen molar-refractivity contribution in [3.8, 4) is 0 Å². The van der Waals surface area contributed by atoms with E-state index in [2.05, 4.69) is 40.0 Å². The van der Waals surface area contributed by atoms with Crippen LogP contribution in [0.15, 0.2) is 23.0 Å². The third kappa shape index (κ3) is 6.74. The van der Waals surface area contributed by atoms with Gasteiger partial charge in [-0.3, -0.25) is 9.69 Å². The fourth-order valence-corrected chi connectivity index (χ4v) is 3.97. The topological polar surface area (TPSA) is 69.8 Å². The zero-order valence-corrected chi connectivity index (χ0v) is 19.6. The second-order valence-electron chi connectivity index (χ2n) is 8.10. The van der Waals surface area contributed by atoms with Gasteiger partial charge in [-0.15, -0.1) is 0 Å². The Labute approximate surface area is 189 Å². The molecule has 170 valence electrons. The summed E-state index contributed by atoms with van der Waals surface area (Å²) in [7, 11) is 1.70. The van der Waals surface area contributed by atoms with E-state index >= 15 is 0 Å². The summed E-state index contributed by atoms with van der Waals surface area (Å²) in [5.74, 6) is 0. The number of H-pyrrole nitrogens is 1. The molecule has 1 fully saturated rings. The van der Waals surface area contributed by atoms with Crippen molar-refractivity contribution in [1.29, 1.82) is 0 Å². The van der Waals surface area contributed by atoms with E-state index in [4.69, 9.17) is 21.7 Å². The van der Waals surface area contributed by atoms with Crippen molar-refractivity contribution >= 4 is 28.2 Å². The summed E-state index contributed by atoms with van der Waals surface area (Å²) in [5, 5.41) is 5.04. The number of methoxy groups -OCH3 is 1. The second-order valence-corrected chi connectivity index (χ2v) is 8.49. The monoisotopic (exact) mass is 446 g/mol. The van der Waals surface area contributed by atoms with Gasteiger partial charge in [0.1, 0.15) is 0 Å². The summed E-state index contributed by atoms with van der Waals surface area (Å²) in [4.78, 5) is 20.3. The number of morpholine rings is 1. The summed E-state index contributed by atoms with van der Waals surface area (Å²) < 4.78 is 10.6. The molecule has 2 heterocycles. The Balaban J connectivity index is 1.75. The van der Waals surface area contributed by atoms with Crippen LogP contribution in [-0.2, 0) is 16.0 Å². The molecule has 31 heavy (non-hydrogen) atoms. The van der Waals surface area contributed by atoms with Crippen molar-refractivity contribution in [1.82, 2.24) is 20.1 Å². The average molecular weight is 447 g/mol. The molecule has 0 amide bonds. The van der Waals surface area contributed by atoms with Crippen LogP contribution in [0.5, 0.6) is 0 Å². The van der Waals surface area contributed by atoms with Crippen LogP contribution >= 0.6 is 12.2 Å². The van der Waals surface area contributed by atoms with Gasteiger partial charge in [0.2, 0.25) is 0 Å². The lowest BCUT2D eigenvalue weighted by molar-refractivity contribution is 0.0357. The van der Waals surface area contributed by atoms with Crippen molar-refractivity contribution in [2.45, 2.75) is 26.8 Å². The molecule has 0 unspecified atom stereocenters. The highest BCUT2D eigenvalue weighted by molar-refractivity contribution is 7.80. The number of aromatic amines is 1. The van der Waals surface area contributed by atoms with E-state index in [1.165, 1.54) is 11.1 Å². The molecule has 0 saturated carbocycles. The first-order valence-corrected chi connectivity index (χ1v) is 11.3. The predicted molar refractivity (Wildman–Crippen MR) is 129 cm³/mol. The van der Waals surface area contributed by atoms with E-state index in [0.717, 1.165) is 68.8 Å². The first-order chi connectivity index (χ1) is 15.0. The van der Waals surface area contributed by atoms with Gasteiger partial charge < -0.3 is 24.7 Å². The molecule has 8 heteroatoms. The van der Waals surface area contributed by atoms with Crippen molar-refractivity contribution in [3.63, 3.8) is 0 Å². The Morgan fingerprint density at radius 2 is 2.00 bits per heavy atom. The molecule has 1 aromatic heterocycles. The van der Waals surface area contributed by atoms with Crippen LogP contribution in [0.4, 0.5) is 0 Å². The van der Waals surface area contributed by atoms with Crippen molar-refractivity contribution in [3.05, 3.63) is 45.2 Å². The molecule has 0 spiro atoms. The Bertz CT molecular complexity index is 940. The van der Waals surface area contributed by atoms with Gasteiger partial charge >= 0.3 is 0 Å². The molecule has 1 saturated heterocycles. The van der Waals surface area contributed by atoms with Crippen LogP contribution in [0.2, 0.25) is 0 Å². The summed E-state index contributed by atoms with van der Waals surface area (Å²) in [5.41, 5.74) is 3.92. The number of ether oxygens (including phenoxy) is 2. The van der Waals surface area contributed by atoms with Crippen molar-refractivity contribution in [2.75, 3.05) is 59.7 Å². The average Bonchev–Trinajstić information content (AvgIpc) is 2.76. The van der Waals surface area contributed by atoms with Crippen LogP contribution < -0.4 is 10.9 Å². The normalized spacial score (nSPS) is 14.7. The number of rotatable bonds is 9. The Morgan fingerprint density at radius 1 is 1.26 bits per heavy atom. The summed E-state index contributed by atoms with van der Waals surface area (Å²) in [6.45, 7) is 11.1. The lowest BCUT2D eigenvalue weighted by Crippen LogP contribution is -2.46. The minimum Gasteiger partial charge on any atom is -0.385 e. The van der Waals surface area contributed by atoms with Gasteiger partial charge in [0, 0.05) is 57.5 Å². The van der Waals surface area contributed by atoms with Gasteiger partial charge in [0.25, 0.3) is 5.56 Å². The number of aryl methyl sites for hydroxylation is 2. The molecule has 0 atom stereocenters. The fourth-order valence-electron chi connectivity index (χ4n) is 3.71. The molecule has 3 rings (SSSR count). The fraction of sp³-hybridized carbons (Fsp3) is 0.565. The van der Waals surface area contributed by atoms with Crippen LogP contribution in [0.25, 0.3) is 10.9 Å².